The summed E-state index contributed by atoms with van der Waals surface area (Å²) in [6.07, 6.45) is 3.51. The van der Waals surface area contributed by atoms with E-state index in [0.717, 1.165) is 28.4 Å². The topological polar surface area (TPSA) is 29.6 Å². The maximum Gasteiger partial charge on any atom is 0.121 e. The Kier molecular flexibility index (Phi) is 4.92. The van der Waals surface area contributed by atoms with E-state index >= 15 is 0 Å². The lowest BCUT2D eigenvalue weighted by Crippen LogP contribution is -3.13. The fraction of sp³-hybridized carbons (Fsp3) is 0.400. The minimum Gasteiger partial charge on any atom is -0.385 e. The van der Waals surface area contributed by atoms with Gasteiger partial charge in [-0.1, -0.05) is 23.2 Å². The van der Waals surface area contributed by atoms with Crippen molar-refractivity contribution in [2.45, 2.75) is 31.9 Å². The van der Waals surface area contributed by atoms with Crippen LogP contribution >= 0.6 is 23.2 Å². The van der Waals surface area contributed by atoms with Crippen molar-refractivity contribution in [1.29, 1.82) is 0 Å². The predicted octanol–water partition coefficient (Wildman–Crippen LogP) is 3.53. The predicted molar refractivity (Wildman–Crippen MR) is 105 cm³/mol. The number of fused-ring (bicyclic) bond motifs is 3. The molecule has 0 amide bonds. The Morgan fingerprint density at radius 1 is 0.920 bits per heavy atom. The molecule has 1 unspecified atom stereocenters. The van der Waals surface area contributed by atoms with E-state index in [1.807, 2.05) is 36.4 Å². The smallest absolute Gasteiger partial charge is 0.121 e. The van der Waals surface area contributed by atoms with Gasteiger partial charge in [-0.15, -0.1) is 0 Å². The van der Waals surface area contributed by atoms with Gasteiger partial charge in [0.2, 0.25) is 0 Å². The Balaban J connectivity index is 1.69. The number of nitrogens with zero attached hydrogens (tertiary/aromatic N) is 1. The molecule has 2 N–H and O–H groups in total. The summed E-state index contributed by atoms with van der Waals surface area (Å²) in [4.78, 5) is 1.52. The van der Waals surface area contributed by atoms with Gasteiger partial charge in [-0.2, -0.15) is 0 Å². The second-order valence-electron chi connectivity index (χ2n) is 7.10. The number of likely N-dealkylation sites (tertiary alicyclic amines) is 1. The fourth-order valence-electron chi connectivity index (χ4n) is 4.11. The van der Waals surface area contributed by atoms with E-state index in [1.165, 1.54) is 37.3 Å². The van der Waals surface area contributed by atoms with Crippen LogP contribution in [0.5, 0.6) is 0 Å². The molecule has 3 aromatic rings. The zero-order valence-corrected chi connectivity index (χ0v) is 15.7. The number of hydrogen-bond donors (Lipinski definition) is 2. The number of aliphatic hydroxyl groups is 1. The second-order valence-corrected chi connectivity index (χ2v) is 7.98. The molecule has 1 atom stereocenters. The number of benzene rings is 2. The quantitative estimate of drug-likeness (QED) is 0.715. The molecule has 0 bridgehead atoms. The molecule has 5 heteroatoms. The Labute approximate surface area is 157 Å². The van der Waals surface area contributed by atoms with Crippen LogP contribution in [0.25, 0.3) is 21.8 Å². The van der Waals surface area contributed by atoms with E-state index < -0.39 is 0 Å². The molecule has 1 aliphatic rings. The first-order valence-electron chi connectivity index (χ1n) is 9.00. The molecule has 3 nitrogen and oxygen atoms in total. The summed E-state index contributed by atoms with van der Waals surface area (Å²) in [5.74, 6) is 0. The zero-order chi connectivity index (χ0) is 17.4. The van der Waals surface area contributed by atoms with Crippen molar-refractivity contribution in [1.82, 2.24) is 4.57 Å². The normalized spacial score (nSPS) is 17.4. The molecule has 0 spiro atoms. The minimum atomic E-state index is -0.363. The molecule has 2 aromatic carbocycles. The molecule has 25 heavy (non-hydrogen) atoms. The Hall–Kier alpha value is -1.26. The largest absolute Gasteiger partial charge is 0.385 e. The van der Waals surface area contributed by atoms with Crippen molar-refractivity contribution in [2.75, 3.05) is 19.6 Å². The third-order valence-corrected chi connectivity index (χ3v) is 5.74. The van der Waals surface area contributed by atoms with E-state index in [0.29, 0.717) is 16.6 Å². The summed E-state index contributed by atoms with van der Waals surface area (Å²) in [7, 11) is 0. The number of nitrogens with one attached hydrogen (secondary N) is 1. The highest BCUT2D eigenvalue weighted by Gasteiger charge is 2.20. The van der Waals surface area contributed by atoms with Crippen LogP contribution in [0.4, 0.5) is 0 Å². The van der Waals surface area contributed by atoms with Crippen LogP contribution < -0.4 is 4.90 Å². The number of rotatable bonds is 4. The van der Waals surface area contributed by atoms with E-state index in [2.05, 4.69) is 4.57 Å². The van der Waals surface area contributed by atoms with Gasteiger partial charge in [0, 0.05) is 31.9 Å². The number of quaternary nitrogens is 1. The van der Waals surface area contributed by atoms with Crippen molar-refractivity contribution < 1.29 is 10.0 Å². The third kappa shape index (κ3) is 3.52. The maximum atomic E-state index is 10.7. The summed E-state index contributed by atoms with van der Waals surface area (Å²) in [6, 6.07) is 11.8. The van der Waals surface area contributed by atoms with E-state index in [1.54, 1.807) is 0 Å². The molecule has 2 heterocycles. The molecule has 1 aliphatic heterocycles. The van der Waals surface area contributed by atoms with Crippen LogP contribution in [-0.4, -0.2) is 35.4 Å². The Morgan fingerprint density at radius 3 is 2.04 bits per heavy atom. The first kappa shape index (κ1) is 17.2. The monoisotopic (exact) mass is 377 g/mol. The van der Waals surface area contributed by atoms with Crippen LogP contribution in [-0.2, 0) is 6.54 Å². The molecule has 1 saturated heterocycles. The molecule has 0 aliphatic carbocycles. The molecule has 0 saturated carbocycles. The second kappa shape index (κ2) is 7.16. The van der Waals surface area contributed by atoms with Gasteiger partial charge >= 0.3 is 0 Å². The van der Waals surface area contributed by atoms with Gasteiger partial charge in [-0.05, 0) is 55.7 Å². The zero-order valence-electron chi connectivity index (χ0n) is 14.1. The van der Waals surface area contributed by atoms with Crippen molar-refractivity contribution in [3.05, 3.63) is 46.4 Å². The van der Waals surface area contributed by atoms with Gasteiger partial charge in [-0.25, -0.2) is 0 Å². The van der Waals surface area contributed by atoms with Gasteiger partial charge < -0.3 is 14.6 Å². The molecule has 0 radical (unpaired) electrons. The van der Waals surface area contributed by atoms with E-state index in [9.17, 15) is 5.11 Å². The fourth-order valence-corrected chi connectivity index (χ4v) is 4.45. The van der Waals surface area contributed by atoms with Gasteiger partial charge in [-0.3, -0.25) is 0 Å². The van der Waals surface area contributed by atoms with Crippen molar-refractivity contribution in [3.63, 3.8) is 0 Å². The van der Waals surface area contributed by atoms with Gasteiger partial charge in [0.05, 0.1) is 19.6 Å². The first-order chi connectivity index (χ1) is 12.1. The molecule has 4 rings (SSSR count). The van der Waals surface area contributed by atoms with Crippen molar-refractivity contribution in [2.24, 2.45) is 0 Å². The van der Waals surface area contributed by atoms with Crippen LogP contribution in [0, 0.1) is 0 Å². The lowest BCUT2D eigenvalue weighted by Gasteiger charge is -2.26. The lowest BCUT2D eigenvalue weighted by molar-refractivity contribution is -0.908. The highest BCUT2D eigenvalue weighted by Crippen LogP contribution is 2.32. The minimum absolute atomic E-state index is 0.363. The van der Waals surface area contributed by atoms with Crippen LogP contribution in [0.3, 0.4) is 0 Å². The van der Waals surface area contributed by atoms with Crippen LogP contribution in [0.15, 0.2) is 36.4 Å². The highest BCUT2D eigenvalue weighted by atomic mass is 35.5. The average Bonchev–Trinajstić information content (AvgIpc) is 2.88. The van der Waals surface area contributed by atoms with Gasteiger partial charge in [0.15, 0.2) is 0 Å². The molecular weight excluding hydrogens is 355 g/mol. The summed E-state index contributed by atoms with van der Waals surface area (Å²) >= 11 is 12.4. The molecule has 132 valence electrons. The van der Waals surface area contributed by atoms with E-state index in [-0.39, 0.29) is 6.10 Å². The van der Waals surface area contributed by atoms with Crippen molar-refractivity contribution >= 4 is 45.0 Å². The summed E-state index contributed by atoms with van der Waals surface area (Å²) in [6.45, 7) is 3.75. The maximum absolute atomic E-state index is 10.7. The van der Waals surface area contributed by atoms with Gasteiger partial charge in [0.25, 0.3) is 0 Å². The van der Waals surface area contributed by atoms with Crippen LogP contribution in [0.2, 0.25) is 10.0 Å². The number of halogens is 2. The number of aliphatic hydroxyl groups excluding tert-OH is 1. The summed E-state index contributed by atoms with van der Waals surface area (Å²) in [5, 5.41) is 14.3. The first-order valence-corrected chi connectivity index (χ1v) is 9.76. The number of piperidine rings is 1. The third-order valence-electron chi connectivity index (χ3n) is 5.27. The number of aromatic nitrogens is 1. The van der Waals surface area contributed by atoms with Crippen molar-refractivity contribution in [3.8, 4) is 0 Å². The Morgan fingerprint density at radius 2 is 1.48 bits per heavy atom. The van der Waals surface area contributed by atoms with Crippen LogP contribution in [0.1, 0.15) is 19.3 Å². The summed E-state index contributed by atoms with van der Waals surface area (Å²) in [5.41, 5.74) is 2.18. The Bertz CT molecular complexity index is 840. The van der Waals surface area contributed by atoms with E-state index in [4.69, 9.17) is 23.2 Å². The lowest BCUT2D eigenvalue weighted by atomic mass is 10.1. The average molecular weight is 378 g/mol. The standard InChI is InChI=1S/C20H22Cl2N2O/c21-14-4-6-19-17(10-14)18-11-15(22)5-7-20(18)24(19)13-16(25)12-23-8-2-1-3-9-23/h4-7,10-11,16,25H,1-3,8-9,12-13H2/p+1. The molecule has 1 fully saturated rings. The molecule has 1 aromatic heterocycles. The number of hydrogen-bond acceptors (Lipinski definition) is 1. The molecular formula is C20H23Cl2N2O+. The summed E-state index contributed by atoms with van der Waals surface area (Å²) < 4.78 is 2.20. The van der Waals surface area contributed by atoms with Gasteiger partial charge in [0.1, 0.15) is 12.6 Å². The SMILES string of the molecule is OC(Cn1c2ccc(Cl)cc2c2cc(Cl)ccc21)C[NH+]1CCCCC1. The highest BCUT2D eigenvalue weighted by molar-refractivity contribution is 6.33.